The second kappa shape index (κ2) is 4.86. The minimum absolute atomic E-state index is 0.0226. The Morgan fingerprint density at radius 1 is 1.32 bits per heavy atom. The second-order valence-corrected chi connectivity index (χ2v) is 4.92. The van der Waals surface area contributed by atoms with Crippen LogP contribution in [-0.4, -0.2) is 40.3 Å². The monoisotopic (exact) mass is 275 g/mol. The van der Waals surface area contributed by atoms with E-state index in [9.17, 15) is 18.0 Å². The minimum Gasteiger partial charge on any atom is -0.339 e. The first-order valence-corrected chi connectivity index (χ1v) is 6.18. The summed E-state index contributed by atoms with van der Waals surface area (Å²) >= 11 is 0. The molecule has 0 radical (unpaired) electrons. The van der Waals surface area contributed by atoms with Crippen molar-refractivity contribution >= 4 is 5.91 Å². The molecule has 4 nitrogen and oxygen atoms in total. The van der Waals surface area contributed by atoms with Gasteiger partial charge in [-0.25, -0.2) is 0 Å². The van der Waals surface area contributed by atoms with Gasteiger partial charge in [0.15, 0.2) is 0 Å². The number of rotatable bonds is 1. The van der Waals surface area contributed by atoms with Crippen LogP contribution in [0, 0.1) is 19.8 Å². The molecular weight excluding hydrogens is 259 g/mol. The molecule has 7 heteroatoms. The summed E-state index contributed by atoms with van der Waals surface area (Å²) in [5.41, 5.74) is 1.71. The fourth-order valence-electron chi connectivity index (χ4n) is 2.43. The highest BCUT2D eigenvalue weighted by Crippen LogP contribution is 2.34. The van der Waals surface area contributed by atoms with E-state index in [0.717, 1.165) is 0 Å². The Kier molecular flexibility index (Phi) is 3.56. The smallest absolute Gasteiger partial charge is 0.339 e. The highest BCUT2D eigenvalue weighted by molar-refractivity contribution is 5.96. The van der Waals surface area contributed by atoms with E-state index in [1.165, 1.54) is 4.90 Å². The molecular formula is C12H16F3N3O. The van der Waals surface area contributed by atoms with E-state index >= 15 is 0 Å². The zero-order valence-corrected chi connectivity index (χ0v) is 10.8. The van der Waals surface area contributed by atoms with E-state index in [4.69, 9.17) is 0 Å². The SMILES string of the molecule is Cc1n[nH]c(C)c1C(=O)N1CCC(C(F)(F)F)CC1. The third-order valence-electron chi connectivity index (χ3n) is 3.59. The number of amides is 1. The van der Waals surface area contributed by atoms with Crippen molar-refractivity contribution in [3.63, 3.8) is 0 Å². The maximum absolute atomic E-state index is 12.6. The van der Waals surface area contributed by atoms with Crippen LogP contribution >= 0.6 is 0 Å². The van der Waals surface area contributed by atoms with Gasteiger partial charge in [-0.1, -0.05) is 0 Å². The number of H-pyrrole nitrogens is 1. The molecule has 1 N–H and O–H groups in total. The second-order valence-electron chi connectivity index (χ2n) is 4.92. The molecule has 1 saturated heterocycles. The van der Waals surface area contributed by atoms with Crippen molar-refractivity contribution in [2.75, 3.05) is 13.1 Å². The lowest BCUT2D eigenvalue weighted by Gasteiger charge is -2.33. The Morgan fingerprint density at radius 2 is 1.89 bits per heavy atom. The topological polar surface area (TPSA) is 49.0 Å². The van der Waals surface area contributed by atoms with Crippen molar-refractivity contribution in [3.05, 3.63) is 17.0 Å². The zero-order valence-electron chi connectivity index (χ0n) is 10.8. The summed E-state index contributed by atoms with van der Waals surface area (Å²) in [7, 11) is 0. The van der Waals surface area contributed by atoms with Crippen molar-refractivity contribution in [1.82, 2.24) is 15.1 Å². The zero-order chi connectivity index (χ0) is 14.2. The maximum atomic E-state index is 12.6. The van der Waals surface area contributed by atoms with E-state index < -0.39 is 12.1 Å². The summed E-state index contributed by atoms with van der Waals surface area (Å²) in [6.45, 7) is 3.73. The van der Waals surface area contributed by atoms with Crippen LogP contribution in [0.25, 0.3) is 0 Å². The largest absolute Gasteiger partial charge is 0.391 e. The van der Waals surface area contributed by atoms with Crippen LogP contribution in [0.2, 0.25) is 0 Å². The van der Waals surface area contributed by atoms with Crippen LogP contribution in [0.1, 0.15) is 34.6 Å². The third-order valence-corrected chi connectivity index (χ3v) is 3.59. The van der Waals surface area contributed by atoms with E-state index in [1.807, 2.05) is 0 Å². The molecule has 0 aliphatic carbocycles. The molecule has 1 aliphatic heterocycles. The van der Waals surface area contributed by atoms with Gasteiger partial charge in [-0.3, -0.25) is 9.89 Å². The van der Waals surface area contributed by atoms with Crippen LogP contribution in [0.4, 0.5) is 13.2 Å². The molecule has 106 valence electrons. The van der Waals surface area contributed by atoms with E-state index in [0.29, 0.717) is 17.0 Å². The Balaban J connectivity index is 2.04. The van der Waals surface area contributed by atoms with Crippen molar-refractivity contribution in [1.29, 1.82) is 0 Å². The molecule has 1 aromatic rings. The number of piperidine rings is 1. The average molecular weight is 275 g/mol. The Morgan fingerprint density at radius 3 is 2.32 bits per heavy atom. The molecule has 0 saturated carbocycles. The predicted octanol–water partition coefficient (Wildman–Crippen LogP) is 2.44. The lowest BCUT2D eigenvalue weighted by Crippen LogP contribution is -2.42. The van der Waals surface area contributed by atoms with Gasteiger partial charge in [-0.05, 0) is 26.7 Å². The normalized spacial score (nSPS) is 17.8. The number of nitrogens with one attached hydrogen (secondary N) is 1. The first-order chi connectivity index (χ1) is 8.80. The Labute approximate surface area is 109 Å². The standard InChI is InChI=1S/C12H16F3N3O/c1-7-10(8(2)17-16-7)11(19)18-5-3-9(4-6-18)12(13,14)15/h9H,3-6H2,1-2H3,(H,16,17). The van der Waals surface area contributed by atoms with Crippen molar-refractivity contribution in [2.45, 2.75) is 32.9 Å². The number of aromatic amines is 1. The van der Waals surface area contributed by atoms with Gasteiger partial charge in [-0.15, -0.1) is 0 Å². The number of aryl methyl sites for hydroxylation is 2. The summed E-state index contributed by atoms with van der Waals surface area (Å²) < 4.78 is 37.7. The molecule has 1 aliphatic rings. The van der Waals surface area contributed by atoms with Crippen molar-refractivity contribution < 1.29 is 18.0 Å². The average Bonchev–Trinajstić information content (AvgIpc) is 2.67. The van der Waals surface area contributed by atoms with Crippen molar-refractivity contribution in [2.24, 2.45) is 5.92 Å². The maximum Gasteiger partial charge on any atom is 0.391 e. The number of aromatic nitrogens is 2. The molecule has 0 unspecified atom stereocenters. The summed E-state index contributed by atoms with van der Waals surface area (Å²) in [6, 6.07) is 0. The van der Waals surface area contributed by atoms with Crippen LogP contribution in [-0.2, 0) is 0 Å². The first kappa shape index (κ1) is 13.9. The molecule has 2 rings (SSSR count). The van der Waals surface area contributed by atoms with Crippen LogP contribution in [0.15, 0.2) is 0 Å². The van der Waals surface area contributed by atoms with E-state index in [-0.39, 0.29) is 31.8 Å². The van der Waals surface area contributed by atoms with Crippen LogP contribution < -0.4 is 0 Å². The molecule has 0 spiro atoms. The number of likely N-dealkylation sites (tertiary alicyclic amines) is 1. The minimum atomic E-state index is -4.16. The van der Waals surface area contributed by atoms with Gasteiger partial charge in [-0.2, -0.15) is 18.3 Å². The molecule has 0 aromatic carbocycles. The fraction of sp³-hybridized carbons (Fsp3) is 0.667. The van der Waals surface area contributed by atoms with Gasteiger partial charge in [0.05, 0.1) is 17.2 Å². The highest BCUT2D eigenvalue weighted by atomic mass is 19.4. The molecule has 2 heterocycles. The van der Waals surface area contributed by atoms with Crippen LogP contribution in [0.5, 0.6) is 0 Å². The van der Waals surface area contributed by atoms with Crippen molar-refractivity contribution in [3.8, 4) is 0 Å². The number of alkyl halides is 3. The first-order valence-electron chi connectivity index (χ1n) is 6.18. The summed E-state index contributed by atoms with van der Waals surface area (Å²) in [5.74, 6) is -1.52. The molecule has 0 atom stereocenters. The lowest BCUT2D eigenvalue weighted by molar-refractivity contribution is -0.183. The lowest BCUT2D eigenvalue weighted by atomic mass is 9.95. The number of nitrogens with zero attached hydrogens (tertiary/aromatic N) is 2. The fourth-order valence-corrected chi connectivity index (χ4v) is 2.43. The van der Waals surface area contributed by atoms with Crippen LogP contribution in [0.3, 0.4) is 0 Å². The Hall–Kier alpha value is -1.53. The number of halogens is 3. The number of carbonyl (C=O) groups excluding carboxylic acids is 1. The number of carbonyl (C=O) groups is 1. The number of hydrogen-bond acceptors (Lipinski definition) is 2. The molecule has 19 heavy (non-hydrogen) atoms. The predicted molar refractivity (Wildman–Crippen MR) is 62.7 cm³/mol. The van der Waals surface area contributed by atoms with Gasteiger partial charge in [0.2, 0.25) is 0 Å². The highest BCUT2D eigenvalue weighted by Gasteiger charge is 2.42. The van der Waals surface area contributed by atoms with Gasteiger partial charge < -0.3 is 4.90 Å². The number of hydrogen-bond donors (Lipinski definition) is 1. The molecule has 0 bridgehead atoms. The van der Waals surface area contributed by atoms with Gasteiger partial charge in [0.1, 0.15) is 0 Å². The third kappa shape index (κ3) is 2.74. The van der Waals surface area contributed by atoms with Gasteiger partial charge in [0, 0.05) is 18.8 Å². The summed E-state index contributed by atoms with van der Waals surface area (Å²) in [4.78, 5) is 13.7. The molecule has 1 aromatic heterocycles. The molecule has 1 fully saturated rings. The summed E-state index contributed by atoms with van der Waals surface area (Å²) in [6.07, 6.45) is -4.20. The quantitative estimate of drug-likeness (QED) is 0.855. The molecule has 1 amide bonds. The van der Waals surface area contributed by atoms with Gasteiger partial charge >= 0.3 is 6.18 Å². The Bertz CT molecular complexity index is 454. The van der Waals surface area contributed by atoms with Gasteiger partial charge in [0.25, 0.3) is 5.91 Å². The van der Waals surface area contributed by atoms with E-state index in [2.05, 4.69) is 10.2 Å². The summed E-state index contributed by atoms with van der Waals surface area (Å²) in [5, 5.41) is 6.65. The van der Waals surface area contributed by atoms with E-state index in [1.54, 1.807) is 13.8 Å².